The minimum Gasteiger partial charge on any atom is -0.345 e. The first-order valence-corrected chi connectivity index (χ1v) is 9.32. The van der Waals surface area contributed by atoms with Gasteiger partial charge in [-0.15, -0.1) is 0 Å². The lowest BCUT2D eigenvalue weighted by Gasteiger charge is -2.03. The lowest BCUT2D eigenvalue weighted by Crippen LogP contribution is -2.04. The maximum atomic E-state index is 11.7. The summed E-state index contributed by atoms with van der Waals surface area (Å²) in [7, 11) is -3.48. The van der Waals surface area contributed by atoms with Crippen molar-refractivity contribution in [2.45, 2.75) is 5.16 Å². The van der Waals surface area contributed by atoms with E-state index in [-0.39, 0.29) is 5.16 Å². The van der Waals surface area contributed by atoms with Gasteiger partial charge in [0.25, 0.3) is 0 Å². The van der Waals surface area contributed by atoms with Crippen molar-refractivity contribution in [3.8, 4) is 22.4 Å². The fourth-order valence-electron chi connectivity index (χ4n) is 2.58. The molecule has 4 aromatic rings. The number of H-pyrrole nitrogens is 1. The number of nitrogens with zero attached hydrogens (tertiary/aromatic N) is 4. The Morgan fingerprint density at radius 3 is 2.68 bits per heavy atom. The monoisotopic (exact) mass is 351 g/mol. The third-order valence-electron chi connectivity index (χ3n) is 3.77. The maximum Gasteiger partial charge on any atom is 0.247 e. The van der Waals surface area contributed by atoms with Gasteiger partial charge in [0.15, 0.2) is 0 Å². The molecule has 7 nitrogen and oxygen atoms in total. The van der Waals surface area contributed by atoms with Crippen molar-refractivity contribution in [3.05, 3.63) is 55.2 Å². The maximum absolute atomic E-state index is 11.7. The second-order valence-corrected chi connectivity index (χ2v) is 7.47. The third kappa shape index (κ3) is 2.87. The molecule has 0 bridgehead atoms. The Bertz CT molecular complexity index is 1170. The van der Waals surface area contributed by atoms with Crippen molar-refractivity contribution in [1.29, 1.82) is 0 Å². The predicted octanol–water partition coefficient (Wildman–Crippen LogP) is 2.49. The Kier molecular flexibility index (Phi) is 3.54. The molecule has 0 saturated carbocycles. The first-order chi connectivity index (χ1) is 12.0. The molecule has 0 radical (unpaired) electrons. The normalized spacial score (nSPS) is 11.7. The number of pyridine rings is 2. The van der Waals surface area contributed by atoms with Crippen LogP contribution in [0.5, 0.6) is 0 Å². The van der Waals surface area contributed by atoms with Gasteiger partial charge in [-0.3, -0.25) is 4.98 Å². The molecule has 1 N–H and O–H groups in total. The van der Waals surface area contributed by atoms with Crippen molar-refractivity contribution in [3.63, 3.8) is 0 Å². The second-order valence-electron chi connectivity index (χ2n) is 5.56. The summed E-state index contributed by atoms with van der Waals surface area (Å²) in [6.07, 6.45) is 9.53. The number of rotatable bonds is 3. The van der Waals surface area contributed by atoms with E-state index in [1.807, 2.05) is 18.2 Å². The molecule has 0 aliphatic carbocycles. The molecule has 0 amide bonds. The summed E-state index contributed by atoms with van der Waals surface area (Å²) in [5, 5.41) is 0.648. The number of hydrogen-bond donors (Lipinski definition) is 1. The minimum absolute atomic E-state index is 0.198. The summed E-state index contributed by atoms with van der Waals surface area (Å²) in [6, 6.07) is 7.47. The van der Waals surface area contributed by atoms with Gasteiger partial charge in [0.05, 0.1) is 5.69 Å². The highest BCUT2D eigenvalue weighted by Gasteiger charge is 2.15. The van der Waals surface area contributed by atoms with Crippen molar-refractivity contribution in [2.75, 3.05) is 6.26 Å². The topological polar surface area (TPSA) is 101 Å². The highest BCUT2D eigenvalue weighted by atomic mass is 32.2. The molecule has 0 aliphatic rings. The van der Waals surface area contributed by atoms with E-state index in [4.69, 9.17) is 0 Å². The van der Waals surface area contributed by atoms with Crippen LogP contribution in [0.15, 0.2) is 60.4 Å². The molecule has 124 valence electrons. The van der Waals surface area contributed by atoms with E-state index < -0.39 is 9.84 Å². The zero-order chi connectivity index (χ0) is 17.4. The fraction of sp³-hybridized carbons (Fsp3) is 0.0588. The summed E-state index contributed by atoms with van der Waals surface area (Å²) < 4.78 is 23.4. The van der Waals surface area contributed by atoms with E-state index in [9.17, 15) is 8.42 Å². The smallest absolute Gasteiger partial charge is 0.247 e. The molecule has 0 aromatic carbocycles. The van der Waals surface area contributed by atoms with Gasteiger partial charge < -0.3 is 4.98 Å². The van der Waals surface area contributed by atoms with E-state index >= 15 is 0 Å². The molecule has 0 atom stereocenters. The average Bonchev–Trinajstić information content (AvgIpc) is 3.05. The SMILES string of the molecule is CS(=O)(=O)c1nccc(-c2c[nH]c3ncc(-c4cccnc4)cc23)n1. The Balaban J connectivity index is 1.89. The van der Waals surface area contributed by atoms with E-state index in [0.29, 0.717) is 11.3 Å². The van der Waals surface area contributed by atoms with Crippen LogP contribution >= 0.6 is 0 Å². The molecule has 25 heavy (non-hydrogen) atoms. The number of aromatic nitrogens is 5. The molecule has 4 rings (SSSR count). The minimum atomic E-state index is -3.48. The first kappa shape index (κ1) is 15.4. The van der Waals surface area contributed by atoms with E-state index in [2.05, 4.69) is 24.9 Å². The second kappa shape index (κ2) is 5.75. The van der Waals surface area contributed by atoms with Crippen LogP contribution in [0.3, 0.4) is 0 Å². The number of nitrogens with one attached hydrogen (secondary N) is 1. The van der Waals surface area contributed by atoms with Crippen molar-refractivity contribution >= 4 is 20.9 Å². The lowest BCUT2D eigenvalue weighted by atomic mass is 10.1. The zero-order valence-corrected chi connectivity index (χ0v) is 14.0. The number of sulfone groups is 1. The van der Waals surface area contributed by atoms with Gasteiger partial charge in [0.2, 0.25) is 15.0 Å². The third-order valence-corrected chi connectivity index (χ3v) is 4.63. The fourth-order valence-corrected chi connectivity index (χ4v) is 3.09. The standard InChI is InChI=1S/C17H13N5O2S/c1-25(23,24)17-19-6-4-15(22-17)14-10-21-16-13(14)7-12(9-20-16)11-3-2-5-18-8-11/h2-10H,1H3,(H,20,21). The largest absolute Gasteiger partial charge is 0.345 e. The molecule has 0 fully saturated rings. The number of hydrogen-bond acceptors (Lipinski definition) is 6. The van der Waals surface area contributed by atoms with Gasteiger partial charge in [0, 0.05) is 59.3 Å². The quantitative estimate of drug-likeness (QED) is 0.569. The van der Waals surface area contributed by atoms with Crippen LogP contribution in [0.25, 0.3) is 33.4 Å². The molecule has 4 aromatic heterocycles. The van der Waals surface area contributed by atoms with Gasteiger partial charge in [-0.25, -0.2) is 23.4 Å². The van der Waals surface area contributed by atoms with Crippen LogP contribution in [0, 0.1) is 0 Å². The van der Waals surface area contributed by atoms with Crippen molar-refractivity contribution in [2.24, 2.45) is 0 Å². The lowest BCUT2D eigenvalue weighted by molar-refractivity contribution is 0.593. The summed E-state index contributed by atoms with van der Waals surface area (Å²) >= 11 is 0. The van der Waals surface area contributed by atoms with Gasteiger partial charge in [-0.2, -0.15) is 0 Å². The molecule has 0 unspecified atom stereocenters. The molecule has 0 aliphatic heterocycles. The molecular formula is C17H13N5O2S. The van der Waals surface area contributed by atoms with Crippen LogP contribution in [0.2, 0.25) is 0 Å². The molecular weight excluding hydrogens is 338 g/mol. The van der Waals surface area contributed by atoms with Gasteiger partial charge in [0.1, 0.15) is 5.65 Å². The van der Waals surface area contributed by atoms with Crippen LogP contribution in [-0.2, 0) is 9.84 Å². The van der Waals surface area contributed by atoms with Gasteiger partial charge >= 0.3 is 0 Å². The van der Waals surface area contributed by atoms with E-state index in [1.165, 1.54) is 6.20 Å². The van der Waals surface area contributed by atoms with Gasteiger partial charge in [-0.05, 0) is 18.2 Å². The number of aromatic amines is 1. The Morgan fingerprint density at radius 1 is 1.04 bits per heavy atom. The van der Waals surface area contributed by atoms with E-state index in [1.54, 1.807) is 30.9 Å². The first-order valence-electron chi connectivity index (χ1n) is 7.43. The van der Waals surface area contributed by atoms with Crippen molar-refractivity contribution < 1.29 is 8.42 Å². The summed E-state index contributed by atoms with van der Waals surface area (Å²) in [5.41, 5.74) is 3.84. The predicted molar refractivity (Wildman–Crippen MR) is 93.5 cm³/mol. The number of fused-ring (bicyclic) bond motifs is 1. The summed E-state index contributed by atoms with van der Waals surface area (Å²) in [5.74, 6) is 0. The average molecular weight is 351 g/mol. The Morgan fingerprint density at radius 2 is 1.92 bits per heavy atom. The molecule has 8 heteroatoms. The van der Waals surface area contributed by atoms with Crippen LogP contribution in [-0.4, -0.2) is 39.6 Å². The highest BCUT2D eigenvalue weighted by Crippen LogP contribution is 2.29. The molecule has 0 saturated heterocycles. The van der Waals surface area contributed by atoms with Crippen molar-refractivity contribution in [1.82, 2.24) is 24.9 Å². The molecule has 0 spiro atoms. The Labute approximate surface area is 143 Å². The Hall–Kier alpha value is -3.13. The summed E-state index contributed by atoms with van der Waals surface area (Å²) in [6.45, 7) is 0. The van der Waals surface area contributed by atoms with Gasteiger partial charge in [-0.1, -0.05) is 6.07 Å². The summed E-state index contributed by atoms with van der Waals surface area (Å²) in [4.78, 5) is 19.7. The van der Waals surface area contributed by atoms with E-state index in [0.717, 1.165) is 28.3 Å². The van der Waals surface area contributed by atoms with Crippen LogP contribution < -0.4 is 0 Å². The zero-order valence-electron chi connectivity index (χ0n) is 13.2. The van der Waals surface area contributed by atoms with Crippen LogP contribution in [0.4, 0.5) is 0 Å². The van der Waals surface area contributed by atoms with Crippen LogP contribution in [0.1, 0.15) is 0 Å². The molecule has 4 heterocycles. The highest BCUT2D eigenvalue weighted by molar-refractivity contribution is 7.90.